The maximum atomic E-state index is 11.5. The smallest absolute Gasteiger partial charge is 0.150 e. The zero-order chi connectivity index (χ0) is 12.2. The lowest BCUT2D eigenvalue weighted by Gasteiger charge is -2.24. The van der Waals surface area contributed by atoms with Gasteiger partial charge in [-0.25, -0.2) is 8.42 Å². The zero-order valence-electron chi connectivity index (χ0n) is 10.3. The normalized spacial score (nSPS) is 25.5. The van der Waals surface area contributed by atoms with E-state index >= 15 is 0 Å². The van der Waals surface area contributed by atoms with Gasteiger partial charge in [0.15, 0.2) is 9.84 Å². The molecule has 4 heteroatoms. The topological polar surface area (TPSA) is 46.2 Å². The van der Waals surface area contributed by atoms with E-state index in [1.165, 1.54) is 5.57 Å². The third-order valence-corrected chi connectivity index (χ3v) is 5.11. The van der Waals surface area contributed by atoms with Gasteiger partial charge in [0.25, 0.3) is 0 Å². The summed E-state index contributed by atoms with van der Waals surface area (Å²) >= 11 is 0. The van der Waals surface area contributed by atoms with Crippen LogP contribution < -0.4 is 5.32 Å². The Hall–Kier alpha value is -0.350. The first-order chi connectivity index (χ1) is 7.48. The van der Waals surface area contributed by atoms with Crippen LogP contribution in [0.5, 0.6) is 0 Å². The van der Waals surface area contributed by atoms with Crippen molar-refractivity contribution in [1.82, 2.24) is 5.32 Å². The summed E-state index contributed by atoms with van der Waals surface area (Å²) in [5.74, 6) is 0.980. The van der Waals surface area contributed by atoms with Crippen molar-refractivity contribution in [3.63, 3.8) is 0 Å². The predicted molar refractivity (Wildman–Crippen MR) is 68.3 cm³/mol. The van der Waals surface area contributed by atoms with E-state index in [1.54, 1.807) is 0 Å². The van der Waals surface area contributed by atoms with Gasteiger partial charge >= 0.3 is 0 Å². The molecule has 0 radical (unpaired) electrons. The minimum absolute atomic E-state index is 0.272. The molecule has 1 fully saturated rings. The second-order valence-electron chi connectivity index (χ2n) is 4.63. The summed E-state index contributed by atoms with van der Waals surface area (Å²) in [6, 6.07) is 0.287. The molecule has 1 saturated heterocycles. The maximum Gasteiger partial charge on any atom is 0.150 e. The highest BCUT2D eigenvalue weighted by Gasteiger charge is 2.33. The van der Waals surface area contributed by atoms with Crippen LogP contribution in [0.4, 0.5) is 0 Å². The van der Waals surface area contributed by atoms with Crippen molar-refractivity contribution >= 4 is 9.84 Å². The predicted octanol–water partition coefficient (Wildman–Crippen LogP) is 1.76. The lowest BCUT2D eigenvalue weighted by atomic mass is 9.92. The van der Waals surface area contributed by atoms with E-state index in [0.717, 1.165) is 25.8 Å². The maximum absolute atomic E-state index is 11.5. The van der Waals surface area contributed by atoms with Gasteiger partial charge in [0.05, 0.1) is 11.5 Å². The van der Waals surface area contributed by atoms with Gasteiger partial charge < -0.3 is 5.32 Å². The van der Waals surface area contributed by atoms with E-state index in [4.69, 9.17) is 0 Å². The Kier molecular flexibility index (Phi) is 4.99. The summed E-state index contributed by atoms with van der Waals surface area (Å²) in [5.41, 5.74) is 1.20. The summed E-state index contributed by atoms with van der Waals surface area (Å²) in [4.78, 5) is 0. The Morgan fingerprint density at radius 3 is 2.62 bits per heavy atom. The third kappa shape index (κ3) is 3.91. The second-order valence-corrected chi connectivity index (χ2v) is 6.86. The molecular weight excluding hydrogens is 222 g/mol. The Morgan fingerprint density at radius 2 is 2.19 bits per heavy atom. The summed E-state index contributed by atoms with van der Waals surface area (Å²) in [5, 5.41) is 3.40. The second kappa shape index (κ2) is 5.82. The molecule has 0 aromatic carbocycles. The number of hydrogen-bond acceptors (Lipinski definition) is 3. The van der Waals surface area contributed by atoms with Crippen molar-refractivity contribution < 1.29 is 8.42 Å². The molecule has 1 rings (SSSR count). The van der Waals surface area contributed by atoms with Gasteiger partial charge in [-0.05, 0) is 31.7 Å². The van der Waals surface area contributed by atoms with Crippen LogP contribution in [-0.2, 0) is 9.84 Å². The lowest BCUT2D eigenvalue weighted by molar-refractivity contribution is 0.383. The standard InChI is InChI=1S/C12H23NO2S/c1-4-10(3)8-12(13-5-2)11-6-7-16(14,15)9-11/h11-13H,3-9H2,1-2H3. The number of sulfone groups is 1. The van der Waals surface area contributed by atoms with E-state index in [1.807, 2.05) is 0 Å². The van der Waals surface area contributed by atoms with Crippen LogP contribution in [0, 0.1) is 5.92 Å². The van der Waals surface area contributed by atoms with Crippen molar-refractivity contribution in [3.8, 4) is 0 Å². The first-order valence-corrected chi connectivity index (χ1v) is 7.91. The average molecular weight is 245 g/mol. The van der Waals surface area contributed by atoms with Crippen LogP contribution in [0.15, 0.2) is 12.2 Å². The molecule has 1 aliphatic rings. The van der Waals surface area contributed by atoms with Crippen LogP contribution in [0.1, 0.15) is 33.1 Å². The number of rotatable bonds is 6. The summed E-state index contributed by atoms with van der Waals surface area (Å²) in [6.45, 7) is 9.06. The van der Waals surface area contributed by atoms with Gasteiger partial charge in [0.1, 0.15) is 0 Å². The SMILES string of the molecule is C=C(CC)CC(NCC)C1CCS(=O)(=O)C1. The molecule has 1 heterocycles. The molecule has 0 spiro atoms. The summed E-state index contributed by atoms with van der Waals surface area (Å²) < 4.78 is 22.9. The monoisotopic (exact) mass is 245 g/mol. The molecule has 0 aromatic rings. The Balaban J connectivity index is 2.60. The number of hydrogen-bond donors (Lipinski definition) is 1. The van der Waals surface area contributed by atoms with E-state index in [9.17, 15) is 8.42 Å². The van der Waals surface area contributed by atoms with E-state index < -0.39 is 9.84 Å². The first kappa shape index (κ1) is 13.7. The Morgan fingerprint density at radius 1 is 1.50 bits per heavy atom. The van der Waals surface area contributed by atoms with Gasteiger partial charge in [-0.2, -0.15) is 0 Å². The van der Waals surface area contributed by atoms with E-state index in [0.29, 0.717) is 11.5 Å². The Bertz CT molecular complexity index is 335. The molecule has 0 saturated carbocycles. The fraction of sp³-hybridized carbons (Fsp3) is 0.833. The molecule has 0 aromatic heterocycles. The fourth-order valence-electron chi connectivity index (χ4n) is 2.26. The molecule has 0 bridgehead atoms. The molecule has 94 valence electrons. The van der Waals surface area contributed by atoms with Gasteiger partial charge in [-0.3, -0.25) is 0 Å². The van der Waals surface area contributed by atoms with Gasteiger partial charge in [0, 0.05) is 6.04 Å². The highest BCUT2D eigenvalue weighted by molar-refractivity contribution is 7.91. The van der Waals surface area contributed by atoms with Crippen LogP contribution in [0.25, 0.3) is 0 Å². The van der Waals surface area contributed by atoms with E-state index in [-0.39, 0.29) is 12.0 Å². The molecular formula is C12H23NO2S. The zero-order valence-corrected chi connectivity index (χ0v) is 11.1. The van der Waals surface area contributed by atoms with Gasteiger partial charge in [-0.1, -0.05) is 26.0 Å². The minimum Gasteiger partial charge on any atom is -0.314 e. The minimum atomic E-state index is -2.77. The van der Waals surface area contributed by atoms with Crippen molar-refractivity contribution in [1.29, 1.82) is 0 Å². The molecule has 2 unspecified atom stereocenters. The average Bonchev–Trinajstić information content (AvgIpc) is 2.58. The van der Waals surface area contributed by atoms with Crippen molar-refractivity contribution in [2.75, 3.05) is 18.1 Å². The van der Waals surface area contributed by atoms with Crippen molar-refractivity contribution in [2.45, 2.75) is 39.2 Å². The summed E-state index contributed by atoms with van der Waals surface area (Å²) in [6.07, 6.45) is 2.68. The van der Waals surface area contributed by atoms with Gasteiger partial charge in [-0.15, -0.1) is 0 Å². The summed E-state index contributed by atoms with van der Waals surface area (Å²) in [7, 11) is -2.77. The van der Waals surface area contributed by atoms with Crippen LogP contribution >= 0.6 is 0 Å². The van der Waals surface area contributed by atoms with E-state index in [2.05, 4.69) is 25.7 Å². The van der Waals surface area contributed by atoms with Crippen molar-refractivity contribution in [3.05, 3.63) is 12.2 Å². The molecule has 1 aliphatic heterocycles. The molecule has 1 N–H and O–H groups in total. The Labute approximate surface area is 99.2 Å². The van der Waals surface area contributed by atoms with Crippen LogP contribution in [0.3, 0.4) is 0 Å². The first-order valence-electron chi connectivity index (χ1n) is 6.09. The molecule has 0 aliphatic carbocycles. The quantitative estimate of drug-likeness (QED) is 0.725. The molecule has 0 amide bonds. The third-order valence-electron chi connectivity index (χ3n) is 3.31. The molecule has 16 heavy (non-hydrogen) atoms. The highest BCUT2D eigenvalue weighted by Crippen LogP contribution is 2.25. The largest absolute Gasteiger partial charge is 0.314 e. The van der Waals surface area contributed by atoms with Crippen LogP contribution in [-0.4, -0.2) is 32.5 Å². The fourth-order valence-corrected chi connectivity index (χ4v) is 4.14. The molecule has 2 atom stereocenters. The molecule has 3 nitrogen and oxygen atoms in total. The highest BCUT2D eigenvalue weighted by atomic mass is 32.2. The van der Waals surface area contributed by atoms with Gasteiger partial charge in [0.2, 0.25) is 0 Å². The van der Waals surface area contributed by atoms with Crippen molar-refractivity contribution in [2.24, 2.45) is 5.92 Å². The number of nitrogens with one attached hydrogen (secondary N) is 1. The van der Waals surface area contributed by atoms with Crippen LogP contribution in [0.2, 0.25) is 0 Å². The lowest BCUT2D eigenvalue weighted by Crippen LogP contribution is -2.37.